The summed E-state index contributed by atoms with van der Waals surface area (Å²) in [7, 11) is 0. The second kappa shape index (κ2) is 7.05. The first kappa shape index (κ1) is 16.5. The van der Waals surface area contributed by atoms with Gasteiger partial charge in [0.25, 0.3) is 5.69 Å². The number of rotatable bonds is 5. The van der Waals surface area contributed by atoms with E-state index in [0.717, 1.165) is 10.2 Å². The molecule has 0 atom stereocenters. The molecule has 0 aliphatic rings. The van der Waals surface area contributed by atoms with Crippen LogP contribution < -0.4 is 4.80 Å². The molecular weight excluding hydrogens is 344 g/mol. The van der Waals surface area contributed by atoms with E-state index in [0.29, 0.717) is 10.4 Å². The molecule has 0 spiro atoms. The van der Waals surface area contributed by atoms with Crippen molar-refractivity contribution in [1.82, 2.24) is 4.57 Å². The third-order valence-electron chi connectivity index (χ3n) is 3.34. The summed E-state index contributed by atoms with van der Waals surface area (Å²) in [5.41, 5.74) is 1.43. The number of carboxylic acids is 1. The third kappa shape index (κ3) is 3.78. The van der Waals surface area contributed by atoms with Gasteiger partial charge >= 0.3 is 5.97 Å². The summed E-state index contributed by atoms with van der Waals surface area (Å²) < 4.78 is 2.49. The highest BCUT2D eigenvalue weighted by Gasteiger charge is 2.08. The number of non-ortho nitro benzene ring substituents is 1. The van der Waals surface area contributed by atoms with Gasteiger partial charge in [-0.05, 0) is 29.8 Å². The van der Waals surface area contributed by atoms with Gasteiger partial charge in [-0.15, -0.1) is 5.10 Å². The van der Waals surface area contributed by atoms with Crippen LogP contribution in [0.2, 0.25) is 0 Å². The maximum atomic E-state index is 11.1. The maximum Gasteiger partial charge on any atom is 0.323 e. The molecule has 3 rings (SSSR count). The van der Waals surface area contributed by atoms with E-state index >= 15 is 0 Å². The number of aliphatic carboxylic acids is 1. The SMILES string of the molecule is O=C(O)Cn1/c(=N\N=C\c2ccc([N+](=O)[O-])cc2)sc2ccccc21. The number of para-hydroxylation sites is 1. The molecule has 0 aliphatic carbocycles. The van der Waals surface area contributed by atoms with Crippen molar-refractivity contribution in [2.24, 2.45) is 10.2 Å². The molecule has 0 unspecified atom stereocenters. The number of benzene rings is 2. The number of hydrogen-bond donors (Lipinski definition) is 1. The molecule has 2 aromatic carbocycles. The number of thiazole rings is 1. The summed E-state index contributed by atoms with van der Waals surface area (Å²) >= 11 is 1.34. The Labute approximate surface area is 145 Å². The Hall–Kier alpha value is -3.33. The Morgan fingerprint density at radius 2 is 1.96 bits per heavy atom. The van der Waals surface area contributed by atoms with Crippen LogP contribution in [-0.4, -0.2) is 26.8 Å². The van der Waals surface area contributed by atoms with Crippen molar-refractivity contribution < 1.29 is 14.8 Å². The van der Waals surface area contributed by atoms with Gasteiger partial charge in [-0.25, -0.2) is 0 Å². The van der Waals surface area contributed by atoms with E-state index < -0.39 is 10.9 Å². The van der Waals surface area contributed by atoms with Crippen molar-refractivity contribution in [1.29, 1.82) is 0 Å². The van der Waals surface area contributed by atoms with Crippen LogP contribution in [0.25, 0.3) is 10.2 Å². The third-order valence-corrected chi connectivity index (χ3v) is 4.39. The Morgan fingerprint density at radius 3 is 2.64 bits per heavy atom. The molecule has 3 aromatic rings. The van der Waals surface area contributed by atoms with Crippen molar-refractivity contribution in [2.45, 2.75) is 6.54 Å². The zero-order valence-electron chi connectivity index (χ0n) is 12.8. The molecule has 1 heterocycles. The number of carboxylic acid groups (broad SMARTS) is 1. The number of nitro groups is 1. The summed E-state index contributed by atoms with van der Waals surface area (Å²) in [6.45, 7) is -0.212. The lowest BCUT2D eigenvalue weighted by molar-refractivity contribution is -0.384. The fourth-order valence-electron chi connectivity index (χ4n) is 2.21. The molecule has 9 heteroatoms. The quantitative estimate of drug-likeness (QED) is 0.430. The highest BCUT2D eigenvalue weighted by Crippen LogP contribution is 2.16. The van der Waals surface area contributed by atoms with E-state index in [1.165, 1.54) is 29.7 Å². The van der Waals surface area contributed by atoms with Crippen LogP contribution in [0.1, 0.15) is 5.56 Å². The fraction of sp³-hybridized carbons (Fsp3) is 0.0625. The number of hydrogen-bond acceptors (Lipinski definition) is 6. The molecule has 0 aliphatic heterocycles. The Morgan fingerprint density at radius 1 is 1.24 bits per heavy atom. The molecule has 0 fully saturated rings. The van der Waals surface area contributed by atoms with Gasteiger partial charge in [0.1, 0.15) is 6.54 Å². The van der Waals surface area contributed by atoms with E-state index in [2.05, 4.69) is 10.2 Å². The van der Waals surface area contributed by atoms with Gasteiger partial charge in [0.15, 0.2) is 0 Å². The summed E-state index contributed by atoms with van der Waals surface area (Å²) in [5.74, 6) is -0.968. The molecule has 0 saturated heterocycles. The van der Waals surface area contributed by atoms with Gasteiger partial charge in [-0.3, -0.25) is 14.9 Å². The molecule has 126 valence electrons. The summed E-state index contributed by atoms with van der Waals surface area (Å²) in [5, 5.41) is 27.8. The predicted octanol–water partition coefficient (Wildman–Crippen LogP) is 2.63. The zero-order valence-corrected chi connectivity index (χ0v) is 13.6. The van der Waals surface area contributed by atoms with Crippen LogP contribution in [-0.2, 0) is 11.3 Å². The minimum Gasteiger partial charge on any atom is -0.480 e. The molecule has 0 bridgehead atoms. The van der Waals surface area contributed by atoms with Crippen LogP contribution >= 0.6 is 11.3 Å². The number of carbonyl (C=O) groups is 1. The molecular formula is C16H12N4O4S. The van der Waals surface area contributed by atoms with E-state index in [1.807, 2.05) is 24.3 Å². The average molecular weight is 356 g/mol. The average Bonchev–Trinajstić information content (AvgIpc) is 2.93. The van der Waals surface area contributed by atoms with Crippen LogP contribution in [0.5, 0.6) is 0 Å². The first-order valence-corrected chi connectivity index (χ1v) is 7.98. The lowest BCUT2D eigenvalue weighted by atomic mass is 10.2. The molecule has 0 saturated carbocycles. The predicted molar refractivity (Wildman–Crippen MR) is 93.7 cm³/mol. The highest BCUT2D eigenvalue weighted by molar-refractivity contribution is 7.16. The molecule has 0 radical (unpaired) electrons. The monoisotopic (exact) mass is 356 g/mol. The van der Waals surface area contributed by atoms with Crippen molar-refractivity contribution in [3.63, 3.8) is 0 Å². The molecule has 8 nitrogen and oxygen atoms in total. The largest absolute Gasteiger partial charge is 0.480 e. The highest BCUT2D eigenvalue weighted by atomic mass is 32.1. The van der Waals surface area contributed by atoms with Gasteiger partial charge in [0.2, 0.25) is 4.80 Å². The van der Waals surface area contributed by atoms with E-state index in [1.54, 1.807) is 16.7 Å². The summed E-state index contributed by atoms with van der Waals surface area (Å²) in [4.78, 5) is 21.7. The number of nitro benzene ring substituents is 1. The van der Waals surface area contributed by atoms with Gasteiger partial charge in [-0.2, -0.15) is 5.10 Å². The number of nitrogens with zero attached hydrogens (tertiary/aromatic N) is 4. The van der Waals surface area contributed by atoms with E-state index in [9.17, 15) is 14.9 Å². The van der Waals surface area contributed by atoms with Gasteiger partial charge in [0, 0.05) is 12.1 Å². The molecule has 0 amide bonds. The van der Waals surface area contributed by atoms with E-state index in [-0.39, 0.29) is 12.2 Å². The second-order valence-electron chi connectivity index (χ2n) is 5.03. The minimum absolute atomic E-state index is 0.00195. The lowest BCUT2D eigenvalue weighted by Gasteiger charge is -1.99. The number of aromatic nitrogens is 1. The topological polar surface area (TPSA) is 110 Å². The normalized spacial score (nSPS) is 12.1. The molecule has 1 aromatic heterocycles. The summed E-state index contributed by atoms with van der Waals surface area (Å²) in [6.07, 6.45) is 1.46. The fourth-order valence-corrected chi connectivity index (χ4v) is 3.20. The van der Waals surface area contributed by atoms with Crippen molar-refractivity contribution in [2.75, 3.05) is 0 Å². The number of fused-ring (bicyclic) bond motifs is 1. The summed E-state index contributed by atoms with van der Waals surface area (Å²) in [6, 6.07) is 13.3. The first-order chi connectivity index (χ1) is 12.0. The van der Waals surface area contributed by atoms with Gasteiger partial charge < -0.3 is 9.67 Å². The van der Waals surface area contributed by atoms with E-state index in [4.69, 9.17) is 5.11 Å². The van der Waals surface area contributed by atoms with Crippen LogP contribution in [0, 0.1) is 10.1 Å². The Bertz CT molecular complexity index is 1030. The maximum absolute atomic E-state index is 11.1. The second-order valence-corrected chi connectivity index (χ2v) is 6.03. The van der Waals surface area contributed by atoms with Crippen LogP contribution in [0.3, 0.4) is 0 Å². The van der Waals surface area contributed by atoms with Crippen LogP contribution in [0.4, 0.5) is 5.69 Å². The Balaban J connectivity index is 1.95. The molecule has 1 N–H and O–H groups in total. The minimum atomic E-state index is -0.968. The Kier molecular flexibility index (Phi) is 4.66. The molecule has 25 heavy (non-hydrogen) atoms. The zero-order chi connectivity index (χ0) is 17.8. The van der Waals surface area contributed by atoms with Gasteiger partial charge in [-0.1, -0.05) is 23.5 Å². The van der Waals surface area contributed by atoms with Crippen molar-refractivity contribution in [3.8, 4) is 0 Å². The van der Waals surface area contributed by atoms with Crippen molar-refractivity contribution >= 4 is 39.4 Å². The van der Waals surface area contributed by atoms with Gasteiger partial charge in [0.05, 0.1) is 21.4 Å². The lowest BCUT2D eigenvalue weighted by Crippen LogP contribution is -2.19. The smallest absolute Gasteiger partial charge is 0.323 e. The standard InChI is InChI=1S/C16H12N4O4S/c21-15(22)10-19-13-3-1-2-4-14(13)25-16(19)18-17-9-11-5-7-12(8-6-11)20(23)24/h1-9H,10H2,(H,21,22)/b17-9+,18-16+. The van der Waals surface area contributed by atoms with Crippen molar-refractivity contribution in [3.05, 3.63) is 69.0 Å². The van der Waals surface area contributed by atoms with Crippen LogP contribution in [0.15, 0.2) is 58.7 Å². The first-order valence-electron chi connectivity index (χ1n) is 7.16.